The molecule has 6 nitrogen and oxygen atoms in total. The number of benzene rings is 2. The number of aromatic carboxylic acids is 1. The van der Waals surface area contributed by atoms with E-state index in [-0.39, 0.29) is 29.1 Å². The summed E-state index contributed by atoms with van der Waals surface area (Å²) in [6, 6.07) is 10.2. The maximum Gasteiger partial charge on any atom is 0.339 e. The van der Waals surface area contributed by atoms with Gasteiger partial charge in [-0.05, 0) is 30.2 Å². The maximum absolute atomic E-state index is 12.6. The average Bonchev–Trinajstić information content (AvgIpc) is 2.65. The molecule has 0 heterocycles. The first-order chi connectivity index (χ1) is 12.0. The number of carbonyl (C=O) groups is 2. The molecule has 6 heteroatoms. The molecular weight excluding hydrogens is 324 g/mol. The van der Waals surface area contributed by atoms with Crippen molar-refractivity contribution in [3.05, 3.63) is 53.1 Å². The molecule has 0 saturated heterocycles. The number of hydrogen-bond acceptors (Lipinski definition) is 5. The Kier molecular flexibility index (Phi) is 6.00. The van der Waals surface area contributed by atoms with E-state index in [0.29, 0.717) is 12.2 Å². The first-order valence-electron chi connectivity index (χ1n) is 7.65. The number of aryl methyl sites for hydroxylation is 1. The van der Waals surface area contributed by atoms with Gasteiger partial charge in [0.05, 0.1) is 26.9 Å². The lowest BCUT2D eigenvalue weighted by molar-refractivity contribution is 0.0693. The highest BCUT2D eigenvalue weighted by molar-refractivity contribution is 6.02. The van der Waals surface area contributed by atoms with Gasteiger partial charge in [0.25, 0.3) is 0 Å². The Morgan fingerprint density at radius 2 is 1.48 bits per heavy atom. The summed E-state index contributed by atoms with van der Waals surface area (Å²) < 4.78 is 15.4. The van der Waals surface area contributed by atoms with Gasteiger partial charge >= 0.3 is 5.97 Å². The normalized spacial score (nSPS) is 10.2. The number of methoxy groups -OCH3 is 3. The van der Waals surface area contributed by atoms with Crippen LogP contribution in [0.3, 0.4) is 0 Å². The Hall–Kier alpha value is -3.02. The van der Waals surface area contributed by atoms with E-state index in [0.717, 1.165) is 11.3 Å². The number of hydrogen-bond donors (Lipinski definition) is 1. The second kappa shape index (κ2) is 8.19. The molecule has 0 atom stereocenters. The number of carboxylic acid groups (broad SMARTS) is 1. The fraction of sp³-hybridized carbons (Fsp3) is 0.263. The molecule has 25 heavy (non-hydrogen) atoms. The summed E-state index contributed by atoms with van der Waals surface area (Å²) in [5.74, 6) is -0.169. The standard InChI is InChI=1S/C19H20O6/c1-23-13-7-4-12(5-8-13)6-9-16(20)14-10-15(19(21)22)18(25-3)11-17(14)24-2/h4-5,7-8,10-11H,6,9H2,1-3H3,(H,21,22). The lowest BCUT2D eigenvalue weighted by Gasteiger charge is -2.12. The third kappa shape index (κ3) is 4.29. The number of carboxylic acids is 1. The highest BCUT2D eigenvalue weighted by atomic mass is 16.5. The van der Waals surface area contributed by atoms with Crippen LogP contribution >= 0.6 is 0 Å². The van der Waals surface area contributed by atoms with Gasteiger partial charge in [-0.1, -0.05) is 12.1 Å². The number of Topliss-reactive ketones (excluding diaryl/α,β-unsaturated/α-hetero) is 1. The molecule has 2 rings (SSSR count). The van der Waals surface area contributed by atoms with Crippen LogP contribution in [0, 0.1) is 0 Å². The van der Waals surface area contributed by atoms with E-state index in [9.17, 15) is 14.7 Å². The van der Waals surface area contributed by atoms with Crippen LogP contribution in [0.4, 0.5) is 0 Å². The molecule has 0 unspecified atom stereocenters. The van der Waals surface area contributed by atoms with Gasteiger partial charge < -0.3 is 19.3 Å². The minimum Gasteiger partial charge on any atom is -0.497 e. The number of ether oxygens (including phenoxy) is 3. The van der Waals surface area contributed by atoms with Gasteiger partial charge in [-0.15, -0.1) is 0 Å². The second-order valence-electron chi connectivity index (χ2n) is 5.33. The van der Waals surface area contributed by atoms with Crippen LogP contribution in [0.2, 0.25) is 0 Å². The van der Waals surface area contributed by atoms with Crippen molar-refractivity contribution in [2.45, 2.75) is 12.8 Å². The first kappa shape index (κ1) is 18.3. The van der Waals surface area contributed by atoms with Gasteiger partial charge in [-0.3, -0.25) is 4.79 Å². The summed E-state index contributed by atoms with van der Waals surface area (Å²) in [5.41, 5.74) is 1.14. The van der Waals surface area contributed by atoms with E-state index in [1.54, 1.807) is 7.11 Å². The second-order valence-corrected chi connectivity index (χ2v) is 5.33. The van der Waals surface area contributed by atoms with Gasteiger partial charge in [-0.2, -0.15) is 0 Å². The Morgan fingerprint density at radius 3 is 2.00 bits per heavy atom. The summed E-state index contributed by atoms with van der Waals surface area (Å²) in [6.45, 7) is 0. The summed E-state index contributed by atoms with van der Waals surface area (Å²) in [4.78, 5) is 23.9. The molecule has 0 aliphatic carbocycles. The SMILES string of the molecule is COc1ccc(CCC(=O)c2cc(C(=O)O)c(OC)cc2OC)cc1. The largest absolute Gasteiger partial charge is 0.497 e. The zero-order valence-corrected chi connectivity index (χ0v) is 14.4. The number of carbonyl (C=O) groups excluding carboxylic acids is 1. The maximum atomic E-state index is 12.6. The molecule has 0 saturated carbocycles. The summed E-state index contributed by atoms with van der Waals surface area (Å²) in [6.07, 6.45) is 0.758. The minimum absolute atomic E-state index is 0.0731. The molecule has 0 aromatic heterocycles. The van der Waals surface area contributed by atoms with Crippen molar-refractivity contribution >= 4 is 11.8 Å². The van der Waals surface area contributed by atoms with Crippen molar-refractivity contribution in [3.63, 3.8) is 0 Å². The molecule has 132 valence electrons. The number of ketones is 1. The lowest BCUT2D eigenvalue weighted by Crippen LogP contribution is -2.08. The van der Waals surface area contributed by atoms with E-state index in [1.165, 1.54) is 26.4 Å². The van der Waals surface area contributed by atoms with Gasteiger partial charge in [0.1, 0.15) is 22.8 Å². The monoisotopic (exact) mass is 344 g/mol. The molecule has 0 bridgehead atoms. The summed E-state index contributed by atoms with van der Waals surface area (Å²) >= 11 is 0. The molecule has 2 aromatic rings. The fourth-order valence-corrected chi connectivity index (χ4v) is 2.47. The average molecular weight is 344 g/mol. The smallest absolute Gasteiger partial charge is 0.339 e. The van der Waals surface area contributed by atoms with Crippen molar-refractivity contribution in [1.82, 2.24) is 0 Å². The molecule has 1 N–H and O–H groups in total. The van der Waals surface area contributed by atoms with E-state index in [1.807, 2.05) is 24.3 Å². The van der Waals surface area contributed by atoms with E-state index in [4.69, 9.17) is 14.2 Å². The Labute approximate surface area is 146 Å². The Morgan fingerprint density at radius 1 is 0.880 bits per heavy atom. The van der Waals surface area contributed by atoms with Gasteiger partial charge in [0, 0.05) is 12.5 Å². The lowest BCUT2D eigenvalue weighted by atomic mass is 9.99. The van der Waals surface area contributed by atoms with Gasteiger partial charge in [-0.25, -0.2) is 4.79 Å². The molecular formula is C19H20O6. The van der Waals surface area contributed by atoms with Crippen molar-refractivity contribution in [2.75, 3.05) is 21.3 Å². The van der Waals surface area contributed by atoms with Crippen LogP contribution in [0.15, 0.2) is 36.4 Å². The molecule has 0 amide bonds. The van der Waals surface area contributed by atoms with Crippen LogP contribution in [-0.4, -0.2) is 38.2 Å². The van der Waals surface area contributed by atoms with Crippen molar-refractivity contribution in [1.29, 1.82) is 0 Å². The molecule has 0 aliphatic heterocycles. The van der Waals surface area contributed by atoms with E-state index < -0.39 is 5.97 Å². The van der Waals surface area contributed by atoms with Crippen LogP contribution in [0.25, 0.3) is 0 Å². The zero-order valence-electron chi connectivity index (χ0n) is 14.4. The molecule has 0 radical (unpaired) electrons. The van der Waals surface area contributed by atoms with Crippen LogP contribution in [0.1, 0.15) is 32.7 Å². The highest BCUT2D eigenvalue weighted by Gasteiger charge is 2.20. The quantitative estimate of drug-likeness (QED) is 0.741. The predicted octanol–water partition coefficient (Wildman–Crippen LogP) is 3.23. The summed E-state index contributed by atoms with van der Waals surface area (Å²) in [7, 11) is 4.39. The van der Waals surface area contributed by atoms with Gasteiger partial charge in [0.2, 0.25) is 0 Å². The van der Waals surface area contributed by atoms with E-state index >= 15 is 0 Å². The van der Waals surface area contributed by atoms with Crippen molar-refractivity contribution in [3.8, 4) is 17.2 Å². The van der Waals surface area contributed by atoms with Gasteiger partial charge in [0.15, 0.2) is 5.78 Å². The van der Waals surface area contributed by atoms with Crippen LogP contribution in [0.5, 0.6) is 17.2 Å². The molecule has 2 aromatic carbocycles. The van der Waals surface area contributed by atoms with Crippen LogP contribution in [-0.2, 0) is 6.42 Å². The summed E-state index contributed by atoms with van der Waals surface area (Å²) in [5, 5.41) is 9.28. The predicted molar refractivity (Wildman–Crippen MR) is 92.2 cm³/mol. The minimum atomic E-state index is -1.16. The third-order valence-electron chi connectivity index (χ3n) is 3.85. The molecule has 0 spiro atoms. The zero-order chi connectivity index (χ0) is 18.4. The topological polar surface area (TPSA) is 82.1 Å². The van der Waals surface area contributed by atoms with Crippen molar-refractivity contribution < 1.29 is 28.9 Å². The molecule has 0 fully saturated rings. The Balaban J connectivity index is 2.22. The Bertz CT molecular complexity index is 764. The van der Waals surface area contributed by atoms with Crippen LogP contribution < -0.4 is 14.2 Å². The molecule has 0 aliphatic rings. The van der Waals surface area contributed by atoms with Crippen molar-refractivity contribution in [2.24, 2.45) is 0 Å². The first-order valence-corrected chi connectivity index (χ1v) is 7.65. The number of rotatable bonds is 8. The van der Waals surface area contributed by atoms with E-state index in [2.05, 4.69) is 0 Å². The fourth-order valence-electron chi connectivity index (χ4n) is 2.47. The highest BCUT2D eigenvalue weighted by Crippen LogP contribution is 2.30. The third-order valence-corrected chi connectivity index (χ3v) is 3.85.